The maximum absolute atomic E-state index is 15.3. The highest BCUT2D eigenvalue weighted by Crippen LogP contribution is 2.65. The molecule has 4 N–H and O–H groups in total. The fourth-order valence-electron chi connectivity index (χ4n) is 9.17. The van der Waals surface area contributed by atoms with E-state index in [1.807, 2.05) is 0 Å². The van der Waals surface area contributed by atoms with Gasteiger partial charge in [0, 0.05) is 22.7 Å². The Morgan fingerprint density at radius 1 is 0.883 bits per heavy atom. The zero-order chi connectivity index (χ0) is 43.2. The number of benzene rings is 3. The molecule has 21 heteroatoms. The second-order valence-corrected chi connectivity index (χ2v) is 15.5. The Hall–Kier alpha value is -5.63. The molecular weight excluding hydrogens is 848 g/mol. The number of phenols is 1. The molecule has 2 aliphatic heterocycles. The number of allylic oxidation sites excluding steroid dienone is 2. The highest BCUT2D eigenvalue weighted by Gasteiger charge is 2.71. The first-order valence-corrected chi connectivity index (χ1v) is 18.7. The molecule has 3 heterocycles. The number of hydrogen-bond donors (Lipinski definition) is 4. The minimum atomic E-state index is -5.21. The molecule has 3 fully saturated rings. The number of carbonyl (C=O) groups is 4. The predicted octanol–water partition coefficient (Wildman–Crippen LogP) is 5.88. The molecule has 2 aliphatic carbocycles. The Labute approximate surface area is 345 Å². The summed E-state index contributed by atoms with van der Waals surface area (Å²) in [7, 11) is -1.95. The molecule has 2 saturated heterocycles. The number of aromatic nitrogens is 1. The van der Waals surface area contributed by atoms with Gasteiger partial charge in [0.1, 0.15) is 11.5 Å². The fraction of sp³-hybridized carbons (Fsp3) is 0.256. The van der Waals surface area contributed by atoms with E-state index >= 15 is 4.79 Å². The molecular formula is C39H27BCl2F6N4O8. The number of hydrazine groups is 1. The number of aromatic hydroxyl groups is 1. The average Bonchev–Trinajstić information content (AvgIpc) is 3.56. The van der Waals surface area contributed by atoms with Crippen molar-refractivity contribution in [3.8, 4) is 11.5 Å². The molecule has 3 aromatic carbocycles. The summed E-state index contributed by atoms with van der Waals surface area (Å²) in [6, 6.07) is 14.0. The molecule has 1 aromatic heterocycles. The van der Waals surface area contributed by atoms with Gasteiger partial charge in [0.05, 0.1) is 39.4 Å². The second-order valence-electron chi connectivity index (χ2n) is 14.7. The lowest BCUT2D eigenvalue weighted by Gasteiger charge is -2.50. The Morgan fingerprint density at radius 2 is 1.60 bits per heavy atom. The van der Waals surface area contributed by atoms with E-state index in [4.69, 9.17) is 23.2 Å². The van der Waals surface area contributed by atoms with Crippen molar-refractivity contribution in [1.29, 1.82) is 0 Å². The van der Waals surface area contributed by atoms with Gasteiger partial charge in [-0.1, -0.05) is 59.1 Å². The Balaban J connectivity index is 1.33. The van der Waals surface area contributed by atoms with E-state index in [2.05, 4.69) is 15.1 Å². The lowest BCUT2D eigenvalue weighted by atomic mass is 9.49. The number of anilines is 2. The Bertz CT molecular complexity index is 2510. The average molecular weight is 875 g/mol. The molecule has 4 aromatic rings. The SMILES string of the molecule is O=C1[C@@H]2C[C@@H]3C(=CC[C@@H]4C(=O)N(c5cccc(B(O)O)c5)C(=O)[C@@H]43)[C@H](c3cc(OC(F)(F)F)ccc3O)[C@]2(c2ccc(Cl)cc2)C(=O)N1Nc1ncc(C(F)(F)F)cc1Cl. The summed E-state index contributed by atoms with van der Waals surface area (Å²) in [6.45, 7) is 0. The summed E-state index contributed by atoms with van der Waals surface area (Å²) in [6.07, 6.45) is -8.60. The van der Waals surface area contributed by atoms with Gasteiger partial charge in [0.2, 0.25) is 11.8 Å². The quantitative estimate of drug-likeness (QED) is 0.0762. The number of alkyl halides is 6. The molecule has 0 radical (unpaired) electrons. The largest absolute Gasteiger partial charge is 0.573 e. The standard InChI is InChI=1S/C39H27BCl2F6N4O8/c41-20-6-4-17(5-7-20)37-27(34(55)52(36(37)57)50-32-28(42)12-18(16-49-32)38(43,44)45)15-25-23(31(37)26-14-22(8-11-29(26)53)60-39(46,47)48)9-10-24-30(25)35(56)51(33(24)54)21-3-1-2-19(13-21)40(58)59/h1-9,11-14,16,24-25,27,30-31,53,58-59H,10,15H2,(H,49,50)/t24-,25+,27-,30-,31+,37+/m0/s1. The number of amides is 4. The monoisotopic (exact) mass is 874 g/mol. The first kappa shape index (κ1) is 41.1. The predicted molar refractivity (Wildman–Crippen MR) is 200 cm³/mol. The van der Waals surface area contributed by atoms with Gasteiger partial charge in [0.25, 0.3) is 11.8 Å². The zero-order valence-corrected chi connectivity index (χ0v) is 31.7. The number of imide groups is 2. The third kappa shape index (κ3) is 6.63. The van der Waals surface area contributed by atoms with Crippen LogP contribution in [0.2, 0.25) is 10.0 Å². The van der Waals surface area contributed by atoms with Crippen molar-refractivity contribution in [3.05, 3.63) is 117 Å². The number of nitrogens with one attached hydrogen (secondary N) is 1. The summed E-state index contributed by atoms with van der Waals surface area (Å²) in [4.78, 5) is 63.4. The summed E-state index contributed by atoms with van der Waals surface area (Å²) < 4.78 is 85.6. The molecule has 0 spiro atoms. The number of rotatable bonds is 7. The van der Waals surface area contributed by atoms with Crippen LogP contribution in [0.1, 0.15) is 35.4 Å². The zero-order valence-electron chi connectivity index (χ0n) is 30.2. The molecule has 310 valence electrons. The second kappa shape index (κ2) is 14.5. The molecule has 8 rings (SSSR count). The topological polar surface area (TPSA) is 170 Å². The van der Waals surface area contributed by atoms with E-state index in [1.165, 1.54) is 48.5 Å². The van der Waals surface area contributed by atoms with Gasteiger partial charge in [-0.15, -0.1) is 13.2 Å². The molecule has 6 atom stereocenters. The van der Waals surface area contributed by atoms with Crippen LogP contribution in [0, 0.1) is 23.7 Å². The Kier molecular flexibility index (Phi) is 9.96. The molecule has 0 unspecified atom stereocenters. The number of carbonyl (C=O) groups excluding carboxylic acids is 4. The van der Waals surface area contributed by atoms with Crippen LogP contribution in [0.15, 0.2) is 90.6 Å². The summed E-state index contributed by atoms with van der Waals surface area (Å²) >= 11 is 12.4. The number of fused-ring (bicyclic) bond motifs is 4. The molecule has 1 saturated carbocycles. The van der Waals surface area contributed by atoms with Crippen LogP contribution < -0.4 is 20.5 Å². The van der Waals surface area contributed by atoms with Crippen molar-refractivity contribution < 1.29 is 65.4 Å². The van der Waals surface area contributed by atoms with E-state index < -0.39 is 106 Å². The lowest BCUT2D eigenvalue weighted by Crippen LogP contribution is -2.53. The molecule has 60 heavy (non-hydrogen) atoms. The summed E-state index contributed by atoms with van der Waals surface area (Å²) in [5.41, 5.74) is -1.07. The van der Waals surface area contributed by atoms with E-state index in [9.17, 15) is 55.9 Å². The van der Waals surface area contributed by atoms with Gasteiger partial charge in [-0.2, -0.15) is 18.2 Å². The number of ether oxygens (including phenoxy) is 1. The van der Waals surface area contributed by atoms with Gasteiger partial charge in [-0.05, 0) is 78.3 Å². The van der Waals surface area contributed by atoms with Crippen LogP contribution in [-0.4, -0.2) is 62.3 Å². The van der Waals surface area contributed by atoms with Crippen LogP contribution >= 0.6 is 23.2 Å². The van der Waals surface area contributed by atoms with Crippen LogP contribution in [0.4, 0.5) is 37.8 Å². The van der Waals surface area contributed by atoms with Crippen molar-refractivity contribution in [3.63, 3.8) is 0 Å². The number of halogens is 8. The van der Waals surface area contributed by atoms with Gasteiger partial charge >= 0.3 is 19.7 Å². The van der Waals surface area contributed by atoms with Crippen molar-refractivity contribution in [2.45, 2.75) is 36.7 Å². The van der Waals surface area contributed by atoms with Crippen molar-refractivity contribution in [2.75, 3.05) is 10.3 Å². The van der Waals surface area contributed by atoms with Crippen LogP contribution in [-0.2, 0) is 30.8 Å². The van der Waals surface area contributed by atoms with Gasteiger partial charge in [-0.3, -0.25) is 29.5 Å². The number of nitrogens with zero attached hydrogens (tertiary/aromatic N) is 3. The minimum Gasteiger partial charge on any atom is -0.508 e. The van der Waals surface area contributed by atoms with Crippen LogP contribution in [0.25, 0.3) is 0 Å². The summed E-state index contributed by atoms with van der Waals surface area (Å²) in [5, 5.41) is 31.2. The van der Waals surface area contributed by atoms with Crippen molar-refractivity contribution in [1.82, 2.24) is 9.99 Å². The molecule has 4 aliphatic rings. The first-order chi connectivity index (χ1) is 28.2. The molecule has 0 bridgehead atoms. The van der Waals surface area contributed by atoms with Crippen LogP contribution in [0.3, 0.4) is 0 Å². The normalized spacial score (nSPS) is 25.2. The van der Waals surface area contributed by atoms with Gasteiger partial charge < -0.3 is 19.9 Å². The summed E-state index contributed by atoms with van der Waals surface area (Å²) in [5.74, 6) is -12.0. The van der Waals surface area contributed by atoms with E-state index in [0.717, 1.165) is 23.1 Å². The van der Waals surface area contributed by atoms with E-state index in [-0.39, 0.29) is 45.7 Å². The lowest BCUT2D eigenvalue weighted by molar-refractivity contribution is -0.274. The van der Waals surface area contributed by atoms with Gasteiger partial charge in [0.15, 0.2) is 5.82 Å². The first-order valence-electron chi connectivity index (χ1n) is 18.0. The van der Waals surface area contributed by atoms with E-state index in [0.29, 0.717) is 17.3 Å². The van der Waals surface area contributed by atoms with Gasteiger partial charge in [-0.25, -0.2) is 4.98 Å². The van der Waals surface area contributed by atoms with Crippen LogP contribution in [0.5, 0.6) is 11.5 Å². The molecule has 12 nitrogen and oxygen atoms in total. The Morgan fingerprint density at radius 3 is 2.25 bits per heavy atom. The number of pyridine rings is 1. The van der Waals surface area contributed by atoms with Crippen molar-refractivity contribution in [2.24, 2.45) is 23.7 Å². The maximum atomic E-state index is 15.3. The van der Waals surface area contributed by atoms with Crippen molar-refractivity contribution >= 4 is 70.9 Å². The fourth-order valence-corrected chi connectivity index (χ4v) is 9.50. The smallest absolute Gasteiger partial charge is 0.508 e. The highest BCUT2D eigenvalue weighted by molar-refractivity contribution is 6.58. The minimum absolute atomic E-state index is 0.00693. The number of hydrogen-bond acceptors (Lipinski definition) is 10. The third-order valence-corrected chi connectivity index (χ3v) is 12.1. The molecule has 4 amide bonds. The third-order valence-electron chi connectivity index (χ3n) is 11.5. The van der Waals surface area contributed by atoms with E-state index in [1.54, 1.807) is 6.08 Å². The number of phenolic OH excluding ortho intramolecular Hbond substituents is 1. The maximum Gasteiger partial charge on any atom is 0.573 e. The highest BCUT2D eigenvalue weighted by atomic mass is 35.5.